The van der Waals surface area contributed by atoms with Crippen molar-refractivity contribution < 1.29 is 17.9 Å². The Labute approximate surface area is 136 Å². The van der Waals surface area contributed by atoms with Crippen LogP contribution in [0.15, 0.2) is 47.6 Å². The number of sulfonamides is 1. The quantitative estimate of drug-likeness (QED) is 0.876. The van der Waals surface area contributed by atoms with Crippen molar-refractivity contribution in [2.24, 2.45) is 0 Å². The maximum Gasteiger partial charge on any atom is 0.241 e. The molecule has 7 heteroatoms. The Bertz CT molecular complexity index is 774. The maximum absolute atomic E-state index is 12.7. The van der Waals surface area contributed by atoms with Crippen LogP contribution in [-0.2, 0) is 15.6 Å². The van der Waals surface area contributed by atoms with E-state index in [2.05, 4.69) is 9.71 Å². The van der Waals surface area contributed by atoms with E-state index in [1.807, 2.05) is 0 Å². The van der Waals surface area contributed by atoms with Gasteiger partial charge in [0.05, 0.1) is 24.7 Å². The largest absolute Gasteiger partial charge is 0.493 e. The Morgan fingerprint density at radius 3 is 2.17 bits per heavy atom. The zero-order valence-corrected chi connectivity index (χ0v) is 14.3. The fraction of sp³-hybridized carbons (Fsp3) is 0.312. The minimum Gasteiger partial charge on any atom is -0.493 e. The first kappa shape index (κ1) is 17.2. The third kappa shape index (κ3) is 3.80. The summed E-state index contributed by atoms with van der Waals surface area (Å²) in [5, 5.41) is 0. The summed E-state index contributed by atoms with van der Waals surface area (Å²) >= 11 is 0. The second kappa shape index (κ2) is 6.55. The van der Waals surface area contributed by atoms with Gasteiger partial charge in [-0.3, -0.25) is 4.98 Å². The molecule has 0 atom stereocenters. The van der Waals surface area contributed by atoms with Gasteiger partial charge in [0, 0.05) is 18.5 Å². The van der Waals surface area contributed by atoms with Crippen LogP contribution in [0.4, 0.5) is 0 Å². The number of benzene rings is 1. The highest BCUT2D eigenvalue weighted by Gasteiger charge is 2.28. The SMILES string of the molecule is COc1ccc(S(=O)(=O)NC(C)(C)c2ccncc2)cc1OC. The van der Waals surface area contributed by atoms with Crippen molar-refractivity contribution in [3.63, 3.8) is 0 Å². The Morgan fingerprint density at radius 1 is 1.00 bits per heavy atom. The van der Waals surface area contributed by atoms with Crippen molar-refractivity contribution in [1.29, 1.82) is 0 Å². The standard InChI is InChI=1S/C16H20N2O4S/c1-16(2,12-7-9-17-10-8-12)18-23(19,20)13-5-6-14(21-3)15(11-13)22-4/h5-11,18H,1-4H3. The fourth-order valence-electron chi connectivity index (χ4n) is 2.21. The lowest BCUT2D eigenvalue weighted by Gasteiger charge is -2.26. The van der Waals surface area contributed by atoms with E-state index in [9.17, 15) is 8.42 Å². The highest BCUT2D eigenvalue weighted by atomic mass is 32.2. The first-order valence-electron chi connectivity index (χ1n) is 6.96. The van der Waals surface area contributed by atoms with E-state index in [4.69, 9.17) is 9.47 Å². The van der Waals surface area contributed by atoms with Gasteiger partial charge in [0.2, 0.25) is 10.0 Å². The Hall–Kier alpha value is -2.12. The van der Waals surface area contributed by atoms with Crippen LogP contribution in [0, 0.1) is 0 Å². The van der Waals surface area contributed by atoms with Gasteiger partial charge in [0.25, 0.3) is 0 Å². The summed E-state index contributed by atoms with van der Waals surface area (Å²) in [5.74, 6) is 0.830. The Balaban J connectivity index is 2.36. The lowest BCUT2D eigenvalue weighted by atomic mass is 9.97. The van der Waals surface area contributed by atoms with Crippen LogP contribution >= 0.6 is 0 Å². The molecule has 0 aliphatic rings. The number of nitrogens with zero attached hydrogens (tertiary/aromatic N) is 1. The first-order chi connectivity index (χ1) is 10.8. The minimum atomic E-state index is -3.73. The summed E-state index contributed by atoms with van der Waals surface area (Å²) in [4.78, 5) is 4.06. The summed E-state index contributed by atoms with van der Waals surface area (Å²) < 4.78 is 38.3. The third-order valence-electron chi connectivity index (χ3n) is 3.46. The maximum atomic E-state index is 12.7. The molecule has 0 radical (unpaired) electrons. The molecule has 0 aliphatic heterocycles. The van der Waals surface area contributed by atoms with Gasteiger partial charge in [-0.15, -0.1) is 0 Å². The monoisotopic (exact) mass is 336 g/mol. The van der Waals surface area contributed by atoms with Crippen LogP contribution in [0.5, 0.6) is 11.5 Å². The van der Waals surface area contributed by atoms with Crippen LogP contribution in [-0.4, -0.2) is 27.6 Å². The van der Waals surface area contributed by atoms with Gasteiger partial charge in [-0.05, 0) is 43.7 Å². The molecule has 0 saturated heterocycles. The number of methoxy groups -OCH3 is 2. The molecule has 1 N–H and O–H groups in total. The van der Waals surface area contributed by atoms with Gasteiger partial charge in [-0.25, -0.2) is 13.1 Å². The van der Waals surface area contributed by atoms with Crippen LogP contribution in [0.3, 0.4) is 0 Å². The lowest BCUT2D eigenvalue weighted by Crippen LogP contribution is -2.40. The van der Waals surface area contributed by atoms with E-state index in [0.717, 1.165) is 5.56 Å². The highest BCUT2D eigenvalue weighted by Crippen LogP contribution is 2.30. The van der Waals surface area contributed by atoms with Gasteiger partial charge in [-0.1, -0.05) is 0 Å². The number of hydrogen-bond donors (Lipinski definition) is 1. The van der Waals surface area contributed by atoms with Gasteiger partial charge in [-0.2, -0.15) is 0 Å². The van der Waals surface area contributed by atoms with E-state index in [1.54, 1.807) is 44.4 Å². The van der Waals surface area contributed by atoms with Gasteiger partial charge in [0.1, 0.15) is 0 Å². The molecule has 2 rings (SSSR count). The number of nitrogens with one attached hydrogen (secondary N) is 1. The molecule has 1 aromatic heterocycles. The van der Waals surface area contributed by atoms with E-state index in [1.165, 1.54) is 26.4 Å². The van der Waals surface area contributed by atoms with E-state index in [0.29, 0.717) is 11.5 Å². The van der Waals surface area contributed by atoms with Crippen molar-refractivity contribution >= 4 is 10.0 Å². The summed E-state index contributed by atoms with van der Waals surface area (Å²) in [6.45, 7) is 3.58. The molecule has 6 nitrogen and oxygen atoms in total. The van der Waals surface area contributed by atoms with Crippen molar-refractivity contribution in [2.45, 2.75) is 24.3 Å². The molecule has 0 bridgehead atoms. The van der Waals surface area contributed by atoms with Crippen LogP contribution in [0.1, 0.15) is 19.4 Å². The lowest BCUT2D eigenvalue weighted by molar-refractivity contribution is 0.353. The minimum absolute atomic E-state index is 0.109. The number of ether oxygens (including phenoxy) is 2. The van der Waals surface area contributed by atoms with E-state index in [-0.39, 0.29) is 4.90 Å². The molecule has 0 fully saturated rings. The second-order valence-electron chi connectivity index (χ2n) is 5.48. The van der Waals surface area contributed by atoms with Crippen molar-refractivity contribution in [3.8, 4) is 11.5 Å². The van der Waals surface area contributed by atoms with Crippen molar-refractivity contribution in [2.75, 3.05) is 14.2 Å². The fourth-order valence-corrected chi connectivity index (χ4v) is 3.62. The predicted molar refractivity (Wildman–Crippen MR) is 87.1 cm³/mol. The second-order valence-corrected chi connectivity index (χ2v) is 7.17. The molecule has 2 aromatic rings. The van der Waals surface area contributed by atoms with Gasteiger partial charge in [0.15, 0.2) is 11.5 Å². The van der Waals surface area contributed by atoms with E-state index < -0.39 is 15.6 Å². The molecular formula is C16H20N2O4S. The van der Waals surface area contributed by atoms with Crippen LogP contribution in [0.25, 0.3) is 0 Å². The molecule has 1 heterocycles. The molecule has 0 unspecified atom stereocenters. The Morgan fingerprint density at radius 2 is 1.61 bits per heavy atom. The van der Waals surface area contributed by atoms with E-state index >= 15 is 0 Å². The predicted octanol–water partition coefficient (Wildman–Crippen LogP) is 2.31. The van der Waals surface area contributed by atoms with Crippen molar-refractivity contribution in [1.82, 2.24) is 9.71 Å². The summed E-state index contributed by atoms with van der Waals surface area (Å²) in [6, 6.07) is 8.02. The summed E-state index contributed by atoms with van der Waals surface area (Å²) in [5.41, 5.74) is 0.0335. The molecule has 1 aromatic carbocycles. The molecule has 0 amide bonds. The number of pyridine rings is 1. The Kier molecular flexibility index (Phi) is 4.91. The molecule has 124 valence electrons. The van der Waals surface area contributed by atoms with Crippen molar-refractivity contribution in [3.05, 3.63) is 48.3 Å². The zero-order valence-electron chi connectivity index (χ0n) is 13.5. The summed E-state index contributed by atoms with van der Waals surface area (Å²) in [7, 11) is -0.772. The first-order valence-corrected chi connectivity index (χ1v) is 8.45. The van der Waals surface area contributed by atoms with Gasteiger partial charge < -0.3 is 9.47 Å². The molecule has 0 saturated carbocycles. The van der Waals surface area contributed by atoms with Crippen LogP contribution < -0.4 is 14.2 Å². The number of aromatic nitrogens is 1. The molecule has 0 spiro atoms. The summed E-state index contributed by atoms with van der Waals surface area (Å²) in [6.07, 6.45) is 3.25. The molecular weight excluding hydrogens is 316 g/mol. The van der Waals surface area contributed by atoms with Gasteiger partial charge >= 0.3 is 0 Å². The normalized spacial score (nSPS) is 12.0. The average molecular weight is 336 g/mol. The smallest absolute Gasteiger partial charge is 0.241 e. The number of rotatable bonds is 6. The zero-order chi connectivity index (χ0) is 17.1. The topological polar surface area (TPSA) is 77.5 Å². The number of hydrogen-bond acceptors (Lipinski definition) is 5. The highest BCUT2D eigenvalue weighted by molar-refractivity contribution is 7.89. The van der Waals surface area contributed by atoms with Crippen LogP contribution in [0.2, 0.25) is 0 Å². The molecule has 23 heavy (non-hydrogen) atoms. The third-order valence-corrected chi connectivity index (χ3v) is 5.11. The molecule has 0 aliphatic carbocycles. The average Bonchev–Trinajstić information content (AvgIpc) is 2.54.